The first-order chi connectivity index (χ1) is 10.6. The van der Waals surface area contributed by atoms with Crippen molar-refractivity contribution in [1.82, 2.24) is 10.6 Å². The fourth-order valence-electron chi connectivity index (χ4n) is 2.56. The molecule has 1 heterocycles. The molecule has 0 aliphatic carbocycles. The van der Waals surface area contributed by atoms with Gasteiger partial charge >= 0.3 is 0 Å². The fourth-order valence-corrected chi connectivity index (χ4v) is 2.56. The minimum Gasteiger partial charge on any atom is -0.495 e. The zero-order valence-corrected chi connectivity index (χ0v) is 13.1. The third kappa shape index (κ3) is 4.13. The maximum atomic E-state index is 12.2. The van der Waals surface area contributed by atoms with Gasteiger partial charge in [-0.05, 0) is 31.4 Å². The van der Waals surface area contributed by atoms with E-state index in [4.69, 9.17) is 4.74 Å². The van der Waals surface area contributed by atoms with Gasteiger partial charge in [-0.15, -0.1) is 0 Å². The minimum atomic E-state index is -0.430. The van der Waals surface area contributed by atoms with Crippen molar-refractivity contribution in [3.63, 3.8) is 0 Å². The zero-order chi connectivity index (χ0) is 15.9. The number of hydrogen-bond donors (Lipinski definition) is 2. The van der Waals surface area contributed by atoms with Crippen LogP contribution in [0.4, 0.5) is 5.69 Å². The van der Waals surface area contributed by atoms with Gasteiger partial charge in [0.2, 0.25) is 11.8 Å². The highest BCUT2D eigenvalue weighted by Crippen LogP contribution is 2.26. The van der Waals surface area contributed by atoms with Crippen molar-refractivity contribution in [2.45, 2.75) is 25.3 Å². The van der Waals surface area contributed by atoms with E-state index in [0.29, 0.717) is 18.7 Å². The van der Waals surface area contributed by atoms with Gasteiger partial charge in [0, 0.05) is 13.6 Å². The number of nitrogens with zero attached hydrogens (tertiary/aromatic N) is 1. The predicted molar refractivity (Wildman–Crippen MR) is 85.1 cm³/mol. The maximum Gasteiger partial charge on any atom is 0.242 e. The standard InChI is InChI=1S/C16H23N3O3/c1-19(13-8-3-4-9-14(13)22-2)11-15(20)18-12-7-5-6-10-17-16(12)21/h3-4,8-9,12H,5-7,10-11H2,1-2H3,(H,17,21)(H,18,20)/t12-/m0/s1. The Morgan fingerprint density at radius 1 is 1.41 bits per heavy atom. The number of benzene rings is 1. The number of anilines is 1. The van der Waals surface area contributed by atoms with Crippen LogP contribution in [0.15, 0.2) is 24.3 Å². The molecule has 0 saturated carbocycles. The molecule has 0 unspecified atom stereocenters. The van der Waals surface area contributed by atoms with Crippen molar-refractivity contribution < 1.29 is 14.3 Å². The lowest BCUT2D eigenvalue weighted by atomic mass is 10.1. The van der Waals surface area contributed by atoms with E-state index in [1.807, 2.05) is 36.2 Å². The Morgan fingerprint density at radius 2 is 2.18 bits per heavy atom. The molecule has 6 nitrogen and oxygen atoms in total. The van der Waals surface area contributed by atoms with Gasteiger partial charge in [-0.3, -0.25) is 9.59 Å². The number of likely N-dealkylation sites (N-methyl/N-ethyl adjacent to an activating group) is 1. The van der Waals surface area contributed by atoms with E-state index in [1.54, 1.807) is 7.11 Å². The summed E-state index contributed by atoms with van der Waals surface area (Å²) in [5, 5.41) is 5.63. The molecular formula is C16H23N3O3. The highest BCUT2D eigenvalue weighted by Gasteiger charge is 2.23. The zero-order valence-electron chi connectivity index (χ0n) is 13.1. The summed E-state index contributed by atoms with van der Waals surface area (Å²) < 4.78 is 5.29. The normalized spacial score (nSPS) is 18.1. The van der Waals surface area contributed by atoms with Gasteiger partial charge in [0.05, 0.1) is 19.3 Å². The summed E-state index contributed by atoms with van der Waals surface area (Å²) in [7, 11) is 3.42. The van der Waals surface area contributed by atoms with Crippen LogP contribution >= 0.6 is 0 Å². The lowest BCUT2D eigenvalue weighted by molar-refractivity contribution is -0.128. The number of rotatable bonds is 5. The summed E-state index contributed by atoms with van der Waals surface area (Å²) in [6.45, 7) is 0.858. The molecule has 1 aromatic carbocycles. The monoisotopic (exact) mass is 305 g/mol. The van der Waals surface area contributed by atoms with Gasteiger partial charge in [-0.1, -0.05) is 12.1 Å². The second kappa shape index (κ2) is 7.68. The molecular weight excluding hydrogens is 282 g/mol. The number of carbonyl (C=O) groups is 2. The Morgan fingerprint density at radius 3 is 2.95 bits per heavy atom. The van der Waals surface area contributed by atoms with Crippen LogP contribution in [0.2, 0.25) is 0 Å². The van der Waals surface area contributed by atoms with Crippen LogP contribution in [0, 0.1) is 0 Å². The van der Waals surface area contributed by atoms with Gasteiger partial charge in [0.15, 0.2) is 0 Å². The average Bonchev–Trinajstić information content (AvgIpc) is 2.72. The Hall–Kier alpha value is -2.24. The molecule has 2 N–H and O–H groups in total. The van der Waals surface area contributed by atoms with E-state index in [1.165, 1.54) is 0 Å². The minimum absolute atomic E-state index is 0.0919. The summed E-state index contributed by atoms with van der Waals surface area (Å²) in [6, 6.07) is 7.09. The average molecular weight is 305 g/mol. The molecule has 1 fully saturated rings. The number of hydrogen-bond acceptors (Lipinski definition) is 4. The Bertz CT molecular complexity index is 533. The van der Waals surface area contributed by atoms with E-state index in [2.05, 4.69) is 10.6 Å². The van der Waals surface area contributed by atoms with Crippen LogP contribution in [0.5, 0.6) is 5.75 Å². The van der Waals surface area contributed by atoms with E-state index >= 15 is 0 Å². The van der Waals surface area contributed by atoms with Crippen LogP contribution in [0.25, 0.3) is 0 Å². The van der Waals surface area contributed by atoms with Gasteiger partial charge in [-0.2, -0.15) is 0 Å². The lowest BCUT2D eigenvalue weighted by Crippen LogP contribution is -2.48. The molecule has 0 radical (unpaired) electrons. The first-order valence-electron chi connectivity index (χ1n) is 7.53. The van der Waals surface area contributed by atoms with E-state index in [0.717, 1.165) is 18.5 Å². The molecule has 22 heavy (non-hydrogen) atoms. The summed E-state index contributed by atoms with van der Waals surface area (Å²) >= 11 is 0. The topological polar surface area (TPSA) is 70.7 Å². The first-order valence-corrected chi connectivity index (χ1v) is 7.53. The van der Waals surface area contributed by atoms with E-state index in [9.17, 15) is 9.59 Å². The molecule has 1 atom stereocenters. The third-order valence-electron chi connectivity index (χ3n) is 3.75. The molecule has 0 bridgehead atoms. The first kappa shape index (κ1) is 16.1. The second-order valence-corrected chi connectivity index (χ2v) is 5.43. The van der Waals surface area contributed by atoms with Crippen molar-refractivity contribution in [1.29, 1.82) is 0 Å². The number of methoxy groups -OCH3 is 1. The van der Waals surface area contributed by atoms with Crippen molar-refractivity contribution in [2.75, 3.05) is 32.1 Å². The largest absolute Gasteiger partial charge is 0.495 e. The molecule has 120 valence electrons. The third-order valence-corrected chi connectivity index (χ3v) is 3.75. The quantitative estimate of drug-likeness (QED) is 0.848. The molecule has 6 heteroatoms. The Labute approximate surface area is 130 Å². The molecule has 1 saturated heterocycles. The smallest absolute Gasteiger partial charge is 0.242 e. The van der Waals surface area contributed by atoms with Gasteiger partial charge in [0.1, 0.15) is 11.8 Å². The highest BCUT2D eigenvalue weighted by molar-refractivity contribution is 5.89. The van der Waals surface area contributed by atoms with Crippen molar-refractivity contribution in [3.8, 4) is 5.75 Å². The summed E-state index contributed by atoms with van der Waals surface area (Å²) in [5.41, 5.74) is 0.838. The van der Waals surface area contributed by atoms with Crippen LogP contribution in [-0.2, 0) is 9.59 Å². The number of carbonyl (C=O) groups excluding carboxylic acids is 2. The van der Waals surface area contributed by atoms with Crippen molar-refractivity contribution in [3.05, 3.63) is 24.3 Å². The van der Waals surface area contributed by atoms with Gasteiger partial charge in [-0.25, -0.2) is 0 Å². The number of para-hydroxylation sites is 2. The fraction of sp³-hybridized carbons (Fsp3) is 0.500. The molecule has 0 aromatic heterocycles. The van der Waals surface area contributed by atoms with Crippen LogP contribution in [0.1, 0.15) is 19.3 Å². The summed E-state index contributed by atoms with van der Waals surface area (Å²) in [6.07, 6.45) is 2.58. The predicted octanol–water partition coefficient (Wildman–Crippen LogP) is 0.916. The molecule has 1 aromatic rings. The molecule has 1 aliphatic heterocycles. The van der Waals surface area contributed by atoms with Crippen LogP contribution < -0.4 is 20.3 Å². The van der Waals surface area contributed by atoms with Crippen LogP contribution in [-0.4, -0.2) is 45.1 Å². The Kier molecular flexibility index (Phi) is 5.63. The summed E-state index contributed by atoms with van der Waals surface area (Å²) in [5.74, 6) is 0.450. The SMILES string of the molecule is COc1ccccc1N(C)CC(=O)N[C@H]1CCCCNC1=O. The van der Waals surface area contributed by atoms with Crippen LogP contribution in [0.3, 0.4) is 0 Å². The number of amides is 2. The van der Waals surface area contributed by atoms with Crippen molar-refractivity contribution >= 4 is 17.5 Å². The van der Waals surface area contributed by atoms with E-state index < -0.39 is 6.04 Å². The Balaban J connectivity index is 1.94. The molecule has 2 rings (SSSR count). The highest BCUT2D eigenvalue weighted by atomic mass is 16.5. The second-order valence-electron chi connectivity index (χ2n) is 5.43. The number of ether oxygens (including phenoxy) is 1. The maximum absolute atomic E-state index is 12.2. The molecule has 2 amide bonds. The van der Waals surface area contributed by atoms with E-state index in [-0.39, 0.29) is 18.4 Å². The number of nitrogens with one attached hydrogen (secondary N) is 2. The molecule has 1 aliphatic rings. The molecule has 0 spiro atoms. The lowest BCUT2D eigenvalue weighted by Gasteiger charge is -2.22. The van der Waals surface area contributed by atoms with Gasteiger partial charge in [0.25, 0.3) is 0 Å². The van der Waals surface area contributed by atoms with Crippen molar-refractivity contribution in [2.24, 2.45) is 0 Å². The summed E-state index contributed by atoms with van der Waals surface area (Å²) in [4.78, 5) is 25.8. The van der Waals surface area contributed by atoms with Gasteiger partial charge < -0.3 is 20.3 Å².